The Morgan fingerprint density at radius 2 is 1.33 bits per heavy atom. The topological polar surface area (TPSA) is 57.5 Å². The van der Waals surface area contributed by atoms with Crippen LogP contribution in [-0.4, -0.2) is 35.2 Å². The number of hydrogen-bond donors (Lipinski definition) is 2. The van der Waals surface area contributed by atoms with Gasteiger partial charge in [-0.1, -0.05) is 0 Å². The summed E-state index contributed by atoms with van der Waals surface area (Å²) in [6, 6.07) is 0. The Bertz CT molecular complexity index is 33.8. The molecule has 0 aromatic carbocycles. The molecule has 0 bridgehead atoms. The number of rotatable bonds is 0. The first-order valence-corrected chi connectivity index (χ1v) is 0.651. The third-order valence-electron chi connectivity index (χ3n) is 0. The first-order chi connectivity index (χ1) is 1.73. The van der Waals surface area contributed by atoms with Crippen LogP contribution in [0, 0.1) is 0 Å². The standard InChI is InChI=1S/CH2O3.Li.Mo.H/c2-1(3)4;;;/h(H2,2,3,4);;;. The molecular weight excluding hydrogens is 163 g/mol. The Kier molecular flexibility index (Phi) is 24.3. The van der Waals surface area contributed by atoms with Gasteiger partial charge in [0.1, 0.15) is 0 Å². The van der Waals surface area contributed by atoms with Crippen LogP contribution in [0.25, 0.3) is 0 Å². The normalized spacial score (nSPS) is 4.00. The molecule has 0 radical (unpaired) electrons. The van der Waals surface area contributed by atoms with Gasteiger partial charge in [0.15, 0.2) is 0 Å². The molecule has 0 unspecified atom stereocenters. The van der Waals surface area contributed by atoms with Gasteiger partial charge in [-0.05, 0) is 0 Å². The second-order valence-corrected chi connectivity index (χ2v) is 0.283. The van der Waals surface area contributed by atoms with Gasteiger partial charge in [-0.25, -0.2) is 4.79 Å². The molecule has 0 aromatic heterocycles. The molecule has 0 aliphatic heterocycles. The largest absolute Gasteiger partial charge is 0 e. The number of hydrogen-bond acceptors (Lipinski definition) is 1. The van der Waals surface area contributed by atoms with Gasteiger partial charge in [-0.15, -0.1) is 0 Å². The molecule has 0 aromatic rings. The molecule has 6 heavy (non-hydrogen) atoms. The van der Waals surface area contributed by atoms with Crippen molar-refractivity contribution in [2.75, 3.05) is 0 Å². The van der Waals surface area contributed by atoms with Crippen molar-refractivity contribution < 1.29 is 36.1 Å². The van der Waals surface area contributed by atoms with Gasteiger partial charge >= 0.3 is 25.0 Å². The molecule has 32 valence electrons. The maximum Gasteiger partial charge on any atom is 0 e. The van der Waals surface area contributed by atoms with Crippen molar-refractivity contribution in [1.82, 2.24) is 0 Å². The quantitative estimate of drug-likeness (QED) is 0.480. The van der Waals surface area contributed by atoms with Crippen LogP contribution in [0.4, 0.5) is 4.79 Å². The average Bonchev–Trinajstić information content (AvgIpc) is 0.811. The molecule has 0 amide bonds. The maximum atomic E-state index is 8.56. The minimum absolute atomic E-state index is 0. The van der Waals surface area contributed by atoms with Crippen LogP contribution in [0.1, 0.15) is 0 Å². The maximum absolute atomic E-state index is 8.56. The monoisotopic (exact) mass is 168 g/mol. The second-order valence-electron chi connectivity index (χ2n) is 0.283. The minimum atomic E-state index is -1.83. The average molecular weight is 166 g/mol. The molecule has 0 heterocycles. The molecular formula is CH3LiMoO3. The van der Waals surface area contributed by atoms with Gasteiger partial charge < -0.3 is 10.2 Å². The third kappa shape index (κ3) is 187. The van der Waals surface area contributed by atoms with E-state index < -0.39 is 6.16 Å². The summed E-state index contributed by atoms with van der Waals surface area (Å²) in [6.07, 6.45) is -1.83. The smallest absolute Gasteiger partial charge is 0 e. The Balaban J connectivity index is -0.0000000450. The Morgan fingerprint density at radius 3 is 1.33 bits per heavy atom. The first-order valence-electron chi connectivity index (χ1n) is 0.651. The fourth-order valence-corrected chi connectivity index (χ4v) is 0. The van der Waals surface area contributed by atoms with E-state index in [0.717, 1.165) is 0 Å². The number of carboxylic acid groups (broad SMARTS) is 2. The molecule has 0 saturated heterocycles. The van der Waals surface area contributed by atoms with Crippen LogP contribution < -0.4 is 0 Å². The van der Waals surface area contributed by atoms with E-state index in [9.17, 15) is 0 Å². The molecule has 0 spiro atoms. The molecule has 0 saturated carbocycles. The zero-order valence-corrected chi connectivity index (χ0v) is 4.22. The first kappa shape index (κ1) is 16.0. The summed E-state index contributed by atoms with van der Waals surface area (Å²) in [5, 5.41) is 13.9. The zero-order valence-electron chi connectivity index (χ0n) is 2.21. The molecule has 5 heteroatoms. The van der Waals surface area contributed by atoms with E-state index >= 15 is 0 Å². The van der Waals surface area contributed by atoms with Crippen LogP contribution >= 0.6 is 0 Å². The zero-order chi connectivity index (χ0) is 3.58. The van der Waals surface area contributed by atoms with E-state index in [2.05, 4.69) is 0 Å². The van der Waals surface area contributed by atoms with Gasteiger partial charge in [0.2, 0.25) is 0 Å². The van der Waals surface area contributed by atoms with E-state index in [1.165, 1.54) is 0 Å². The van der Waals surface area contributed by atoms with Crippen LogP contribution in [0.5, 0.6) is 0 Å². The van der Waals surface area contributed by atoms with Gasteiger partial charge in [0.25, 0.3) is 0 Å². The van der Waals surface area contributed by atoms with E-state index in [-0.39, 0.29) is 39.9 Å². The van der Waals surface area contributed by atoms with Gasteiger partial charge in [0.05, 0.1) is 0 Å². The van der Waals surface area contributed by atoms with E-state index in [0.29, 0.717) is 0 Å². The summed E-state index contributed by atoms with van der Waals surface area (Å²) >= 11 is 0. The Morgan fingerprint density at radius 1 is 1.33 bits per heavy atom. The summed E-state index contributed by atoms with van der Waals surface area (Å²) in [4.78, 5) is 8.56. The predicted molar refractivity (Wildman–Crippen MR) is 17.8 cm³/mol. The fraction of sp³-hybridized carbons (Fsp3) is 0. The summed E-state index contributed by atoms with van der Waals surface area (Å²) in [5.41, 5.74) is 0. The molecule has 0 aliphatic carbocycles. The van der Waals surface area contributed by atoms with Crippen molar-refractivity contribution in [2.45, 2.75) is 0 Å². The van der Waals surface area contributed by atoms with E-state index in [4.69, 9.17) is 15.0 Å². The van der Waals surface area contributed by atoms with Crippen molar-refractivity contribution in [3.05, 3.63) is 0 Å². The molecule has 2 N–H and O–H groups in total. The summed E-state index contributed by atoms with van der Waals surface area (Å²) in [5.74, 6) is 0. The van der Waals surface area contributed by atoms with E-state index in [1.807, 2.05) is 0 Å². The van der Waals surface area contributed by atoms with Crippen molar-refractivity contribution in [3.63, 3.8) is 0 Å². The third-order valence-corrected chi connectivity index (χ3v) is 0. The summed E-state index contributed by atoms with van der Waals surface area (Å²) in [6.45, 7) is 0. The minimum Gasteiger partial charge on any atom is 0 e. The molecule has 3 nitrogen and oxygen atoms in total. The number of carbonyl (C=O) groups is 1. The van der Waals surface area contributed by atoms with Crippen molar-refractivity contribution in [2.24, 2.45) is 0 Å². The predicted octanol–water partition coefficient (Wildman–Crippen LogP) is -0.429. The fourth-order valence-electron chi connectivity index (χ4n) is 0. The van der Waals surface area contributed by atoms with Crippen LogP contribution in [0.3, 0.4) is 0 Å². The molecule has 0 aliphatic rings. The van der Waals surface area contributed by atoms with Gasteiger partial charge in [-0.3, -0.25) is 0 Å². The second kappa shape index (κ2) is 9.12. The van der Waals surface area contributed by atoms with Gasteiger partial charge in [0, 0.05) is 21.1 Å². The van der Waals surface area contributed by atoms with Crippen molar-refractivity contribution in [1.29, 1.82) is 0 Å². The molecule has 0 atom stereocenters. The SMILES string of the molecule is O=C(O)O.[LiH].[Mo]. The van der Waals surface area contributed by atoms with E-state index in [1.54, 1.807) is 0 Å². The summed E-state index contributed by atoms with van der Waals surface area (Å²) < 4.78 is 0. The molecule has 0 fully saturated rings. The molecule has 0 rings (SSSR count). The van der Waals surface area contributed by atoms with Gasteiger partial charge in [-0.2, -0.15) is 0 Å². The van der Waals surface area contributed by atoms with Crippen LogP contribution in [0.15, 0.2) is 0 Å². The van der Waals surface area contributed by atoms with Crippen molar-refractivity contribution >= 4 is 25.0 Å². The summed E-state index contributed by atoms with van der Waals surface area (Å²) in [7, 11) is 0. The van der Waals surface area contributed by atoms with Crippen molar-refractivity contribution in [3.8, 4) is 0 Å². The van der Waals surface area contributed by atoms with Crippen LogP contribution in [0.2, 0.25) is 0 Å². The Hall–Kier alpha value is 0.556. The van der Waals surface area contributed by atoms with Crippen LogP contribution in [-0.2, 0) is 21.1 Å². The Labute approximate surface area is 61.2 Å².